The number of hydrogen-bond donors (Lipinski definition) is 0. The van der Waals surface area contributed by atoms with Crippen molar-refractivity contribution in [2.24, 2.45) is 0 Å². The zero-order chi connectivity index (χ0) is 21.7. The number of non-ortho nitro benzene ring substituents is 1. The van der Waals surface area contributed by atoms with Gasteiger partial charge in [0.1, 0.15) is 0 Å². The highest BCUT2D eigenvalue weighted by atomic mass is 35.5. The maximum Gasteiger partial charge on any atom is 0.271 e. The molecule has 0 saturated carbocycles. The number of rotatable bonds is 3. The van der Waals surface area contributed by atoms with Gasteiger partial charge in [-0.05, 0) is 36.6 Å². The zero-order valence-electron chi connectivity index (χ0n) is 16.3. The summed E-state index contributed by atoms with van der Waals surface area (Å²) in [5.74, 6) is 0.620. The van der Waals surface area contributed by atoms with Crippen molar-refractivity contribution in [2.45, 2.75) is 31.6 Å². The maximum atomic E-state index is 13.3. The van der Waals surface area contributed by atoms with E-state index in [1.54, 1.807) is 6.07 Å². The second-order valence-corrected chi connectivity index (χ2v) is 8.04. The number of fused-ring (bicyclic) bond motifs is 1. The minimum atomic E-state index is -0.543. The van der Waals surface area contributed by atoms with E-state index in [-0.39, 0.29) is 35.6 Å². The standard InChI is InChI=1S/C22H17ClN2O6/c23-15-9-13(25(28)29)5-6-16(15)24-17-2-1-3-18(26)22(17)14(10-21(24)27)12-4-7-19-20(8-12)31-11-30-19/h4-9,14H,1-3,10-11H2. The van der Waals surface area contributed by atoms with Gasteiger partial charge in [-0.2, -0.15) is 0 Å². The van der Waals surface area contributed by atoms with Crippen molar-refractivity contribution in [3.63, 3.8) is 0 Å². The van der Waals surface area contributed by atoms with Gasteiger partial charge in [0.05, 0.1) is 15.6 Å². The van der Waals surface area contributed by atoms with Crippen LogP contribution in [0.3, 0.4) is 0 Å². The molecule has 0 bridgehead atoms. The number of nitrogens with zero attached hydrogens (tertiary/aromatic N) is 2. The van der Waals surface area contributed by atoms with Crippen LogP contribution in [0.2, 0.25) is 5.02 Å². The van der Waals surface area contributed by atoms with Crippen LogP contribution < -0.4 is 14.4 Å². The molecule has 1 atom stereocenters. The molecule has 1 amide bonds. The first-order valence-electron chi connectivity index (χ1n) is 9.86. The van der Waals surface area contributed by atoms with Crippen molar-refractivity contribution in [3.05, 3.63) is 68.4 Å². The summed E-state index contributed by atoms with van der Waals surface area (Å²) < 4.78 is 10.8. The number of nitro benzene ring substituents is 1. The Labute approximate surface area is 182 Å². The molecular weight excluding hydrogens is 424 g/mol. The van der Waals surface area contributed by atoms with E-state index >= 15 is 0 Å². The van der Waals surface area contributed by atoms with Crippen LogP contribution in [0.1, 0.15) is 37.2 Å². The Morgan fingerprint density at radius 1 is 1.06 bits per heavy atom. The summed E-state index contributed by atoms with van der Waals surface area (Å²) in [6.45, 7) is 0.141. The Hall–Kier alpha value is -3.39. The lowest BCUT2D eigenvalue weighted by Crippen LogP contribution is -2.40. The lowest BCUT2D eigenvalue weighted by molar-refractivity contribution is -0.384. The SMILES string of the molecule is O=C1CCCC2=C1C(c1ccc3c(c1)OCO3)CC(=O)N2c1ccc([N+](=O)[O-])cc1Cl. The fourth-order valence-corrected chi connectivity index (χ4v) is 4.74. The van der Waals surface area contributed by atoms with Crippen molar-refractivity contribution in [3.8, 4) is 11.5 Å². The molecule has 8 nitrogen and oxygen atoms in total. The second-order valence-electron chi connectivity index (χ2n) is 7.63. The molecule has 0 N–H and O–H groups in total. The van der Waals surface area contributed by atoms with Gasteiger partial charge in [0, 0.05) is 42.2 Å². The lowest BCUT2D eigenvalue weighted by Gasteiger charge is -2.38. The van der Waals surface area contributed by atoms with Gasteiger partial charge in [0.15, 0.2) is 17.3 Å². The molecule has 158 valence electrons. The predicted octanol–water partition coefficient (Wildman–Crippen LogP) is 4.50. The second kappa shape index (κ2) is 7.39. The molecule has 9 heteroatoms. The molecule has 0 aromatic heterocycles. The third kappa shape index (κ3) is 3.23. The van der Waals surface area contributed by atoms with Gasteiger partial charge in [-0.3, -0.25) is 24.6 Å². The van der Waals surface area contributed by atoms with Crippen molar-refractivity contribution in [1.82, 2.24) is 0 Å². The first kappa shape index (κ1) is 19.6. The first-order valence-corrected chi connectivity index (χ1v) is 10.2. The van der Waals surface area contributed by atoms with Crippen molar-refractivity contribution >= 4 is 34.7 Å². The number of ether oxygens (including phenoxy) is 2. The highest BCUT2D eigenvalue weighted by Crippen LogP contribution is 2.46. The van der Waals surface area contributed by atoms with Gasteiger partial charge >= 0.3 is 0 Å². The monoisotopic (exact) mass is 440 g/mol. The molecule has 0 saturated heterocycles. The van der Waals surface area contributed by atoms with Crippen molar-refractivity contribution < 1.29 is 24.0 Å². The van der Waals surface area contributed by atoms with Crippen molar-refractivity contribution in [2.75, 3.05) is 11.7 Å². The fourth-order valence-electron chi connectivity index (χ4n) is 4.48. The summed E-state index contributed by atoms with van der Waals surface area (Å²) in [7, 11) is 0. The average Bonchev–Trinajstić information content (AvgIpc) is 3.21. The van der Waals surface area contributed by atoms with Crippen molar-refractivity contribution in [1.29, 1.82) is 0 Å². The van der Waals surface area contributed by atoms with Gasteiger partial charge in [-0.15, -0.1) is 0 Å². The van der Waals surface area contributed by atoms with Gasteiger partial charge in [-0.25, -0.2) is 0 Å². The number of halogens is 1. The van der Waals surface area contributed by atoms with Crippen LogP contribution in [0.25, 0.3) is 0 Å². The number of nitro groups is 1. The van der Waals surface area contributed by atoms with Crippen LogP contribution in [0.5, 0.6) is 11.5 Å². The van der Waals surface area contributed by atoms with Crippen LogP contribution in [0.15, 0.2) is 47.7 Å². The molecular formula is C22H17ClN2O6. The molecule has 2 aliphatic heterocycles. The third-order valence-corrected chi connectivity index (χ3v) is 6.16. The topological polar surface area (TPSA) is 99.0 Å². The summed E-state index contributed by atoms with van der Waals surface area (Å²) in [5.41, 5.74) is 2.22. The fraction of sp³-hybridized carbons (Fsp3) is 0.273. The number of anilines is 1. The molecule has 5 rings (SSSR count). The zero-order valence-corrected chi connectivity index (χ0v) is 17.1. The maximum absolute atomic E-state index is 13.3. The van der Waals surface area contributed by atoms with E-state index in [9.17, 15) is 19.7 Å². The molecule has 31 heavy (non-hydrogen) atoms. The predicted molar refractivity (Wildman–Crippen MR) is 111 cm³/mol. The van der Waals surface area contributed by atoms with Crippen LogP contribution in [-0.2, 0) is 9.59 Å². The largest absolute Gasteiger partial charge is 0.454 e. The van der Waals surface area contributed by atoms with Gasteiger partial charge in [-0.1, -0.05) is 17.7 Å². The molecule has 2 heterocycles. The Kier molecular flexibility index (Phi) is 4.66. The molecule has 0 spiro atoms. The van der Waals surface area contributed by atoms with Crippen LogP contribution in [-0.4, -0.2) is 23.4 Å². The molecule has 0 fully saturated rings. The van der Waals surface area contributed by atoms with Gasteiger partial charge in [0.25, 0.3) is 5.69 Å². The number of allylic oxidation sites excluding steroid dienone is 2. The summed E-state index contributed by atoms with van der Waals surface area (Å²) in [6, 6.07) is 9.45. The number of hydrogen-bond acceptors (Lipinski definition) is 6. The number of carbonyl (C=O) groups is 2. The summed E-state index contributed by atoms with van der Waals surface area (Å²) in [6.07, 6.45) is 1.66. The normalized spacial score (nSPS) is 20.2. The lowest BCUT2D eigenvalue weighted by atomic mass is 9.77. The van der Waals surface area contributed by atoms with E-state index in [0.29, 0.717) is 47.7 Å². The first-order chi connectivity index (χ1) is 14.9. The Morgan fingerprint density at radius 2 is 1.87 bits per heavy atom. The van der Waals surface area contributed by atoms with Gasteiger partial charge < -0.3 is 9.47 Å². The molecule has 1 unspecified atom stereocenters. The third-order valence-electron chi connectivity index (χ3n) is 5.86. The smallest absolute Gasteiger partial charge is 0.271 e. The number of ketones is 1. The summed E-state index contributed by atoms with van der Waals surface area (Å²) >= 11 is 6.32. The quantitative estimate of drug-likeness (QED) is 0.514. The van der Waals surface area contributed by atoms with Crippen LogP contribution in [0.4, 0.5) is 11.4 Å². The summed E-state index contributed by atoms with van der Waals surface area (Å²) in [4.78, 5) is 38.2. The van der Waals surface area contributed by atoms with Crippen LogP contribution >= 0.6 is 11.6 Å². The van der Waals surface area contributed by atoms with E-state index in [4.69, 9.17) is 21.1 Å². The van der Waals surface area contributed by atoms with E-state index in [1.807, 2.05) is 12.1 Å². The molecule has 2 aromatic rings. The van der Waals surface area contributed by atoms with E-state index in [0.717, 1.165) is 5.56 Å². The van der Waals surface area contributed by atoms with Crippen LogP contribution in [0, 0.1) is 10.1 Å². The highest BCUT2D eigenvalue weighted by molar-refractivity contribution is 6.34. The Morgan fingerprint density at radius 3 is 2.65 bits per heavy atom. The minimum absolute atomic E-state index is 0.000508. The molecule has 1 aliphatic carbocycles. The molecule has 3 aliphatic rings. The van der Waals surface area contributed by atoms with E-state index in [1.165, 1.54) is 23.1 Å². The van der Waals surface area contributed by atoms with E-state index in [2.05, 4.69) is 0 Å². The number of benzene rings is 2. The Balaban J connectivity index is 1.62. The molecule has 2 aromatic carbocycles. The highest BCUT2D eigenvalue weighted by Gasteiger charge is 2.40. The summed E-state index contributed by atoms with van der Waals surface area (Å²) in [5, 5.41) is 11.1. The average molecular weight is 441 g/mol. The van der Waals surface area contributed by atoms with Gasteiger partial charge in [0.2, 0.25) is 12.7 Å². The number of Topliss-reactive ketones (excluding diaryl/α,β-unsaturated/α-hetero) is 1. The number of carbonyl (C=O) groups excluding carboxylic acids is 2. The minimum Gasteiger partial charge on any atom is -0.454 e. The Bertz CT molecular complexity index is 1170. The van der Waals surface area contributed by atoms with E-state index < -0.39 is 10.8 Å². The molecule has 0 radical (unpaired) electrons. The number of amides is 1.